The monoisotopic (exact) mass is 235 g/mol. The minimum Gasteiger partial charge on any atom is -0.497 e. The van der Waals surface area contributed by atoms with Crippen LogP contribution in [0.4, 0.5) is 0 Å². The number of methoxy groups -OCH3 is 2. The fourth-order valence-corrected chi connectivity index (χ4v) is 1.36. The van der Waals surface area contributed by atoms with Gasteiger partial charge in [-0.05, 0) is 12.1 Å². The molecule has 0 heterocycles. The number of carbonyl (C=O) groups is 1. The summed E-state index contributed by atoms with van der Waals surface area (Å²) >= 11 is 0. The third kappa shape index (κ3) is 3.92. The third-order valence-corrected chi connectivity index (χ3v) is 2.25. The van der Waals surface area contributed by atoms with Crippen molar-refractivity contribution in [1.29, 1.82) is 0 Å². The molecule has 1 N–H and O–H groups in total. The van der Waals surface area contributed by atoms with Gasteiger partial charge in [0.15, 0.2) is 5.78 Å². The molecule has 0 amide bonds. The topological polar surface area (TPSA) is 47.6 Å². The van der Waals surface area contributed by atoms with E-state index in [2.05, 4.69) is 11.9 Å². The molecule has 0 fully saturated rings. The molecule has 0 atom stereocenters. The number of ketones is 1. The Kier molecular flexibility index (Phi) is 5.23. The minimum absolute atomic E-state index is 0.0101. The van der Waals surface area contributed by atoms with Crippen molar-refractivity contribution < 1.29 is 14.3 Å². The second-order valence-corrected chi connectivity index (χ2v) is 3.44. The Balaban J connectivity index is 2.81. The molecule has 0 bridgehead atoms. The summed E-state index contributed by atoms with van der Waals surface area (Å²) in [7, 11) is 3.11. The zero-order chi connectivity index (χ0) is 12.7. The van der Waals surface area contributed by atoms with Crippen molar-refractivity contribution in [3.63, 3.8) is 0 Å². The molecular formula is C13H17NO3. The smallest absolute Gasteiger partial charge is 0.176 e. The second-order valence-electron chi connectivity index (χ2n) is 3.44. The average Bonchev–Trinajstić information content (AvgIpc) is 2.38. The number of hydrogen-bond acceptors (Lipinski definition) is 4. The predicted molar refractivity (Wildman–Crippen MR) is 66.9 cm³/mol. The lowest BCUT2D eigenvalue weighted by molar-refractivity contribution is 0.0991. The number of ether oxygens (including phenoxy) is 2. The van der Waals surface area contributed by atoms with Crippen LogP contribution in [0.5, 0.6) is 11.5 Å². The van der Waals surface area contributed by atoms with Gasteiger partial charge in [0.25, 0.3) is 0 Å². The maximum absolute atomic E-state index is 11.8. The van der Waals surface area contributed by atoms with E-state index < -0.39 is 0 Å². The van der Waals surface area contributed by atoms with Crippen molar-refractivity contribution in [2.24, 2.45) is 0 Å². The average molecular weight is 235 g/mol. The molecule has 4 nitrogen and oxygen atoms in total. The van der Waals surface area contributed by atoms with Crippen LogP contribution in [0.3, 0.4) is 0 Å². The lowest BCUT2D eigenvalue weighted by Gasteiger charge is -2.08. The van der Waals surface area contributed by atoms with Gasteiger partial charge in [-0.15, -0.1) is 6.58 Å². The first-order chi connectivity index (χ1) is 8.21. The Morgan fingerprint density at radius 1 is 1.29 bits per heavy atom. The minimum atomic E-state index is -0.0101. The SMILES string of the molecule is C=CCNCC(=O)c1cc(OC)cc(OC)c1. The zero-order valence-corrected chi connectivity index (χ0v) is 10.2. The van der Waals surface area contributed by atoms with Gasteiger partial charge in [-0.2, -0.15) is 0 Å². The summed E-state index contributed by atoms with van der Waals surface area (Å²) in [5, 5.41) is 2.96. The molecule has 0 spiro atoms. The molecule has 0 radical (unpaired) electrons. The van der Waals surface area contributed by atoms with Crippen LogP contribution in [-0.2, 0) is 0 Å². The fourth-order valence-electron chi connectivity index (χ4n) is 1.36. The number of carbonyl (C=O) groups excluding carboxylic acids is 1. The van der Waals surface area contributed by atoms with Crippen LogP contribution in [0.25, 0.3) is 0 Å². The molecule has 1 aromatic carbocycles. The quantitative estimate of drug-likeness (QED) is 0.443. The summed E-state index contributed by atoms with van der Waals surface area (Å²) in [6, 6.07) is 5.12. The molecule has 0 saturated carbocycles. The lowest BCUT2D eigenvalue weighted by Crippen LogP contribution is -2.23. The van der Waals surface area contributed by atoms with Gasteiger partial charge in [-0.1, -0.05) is 6.08 Å². The molecule has 17 heavy (non-hydrogen) atoms. The molecular weight excluding hydrogens is 218 g/mol. The van der Waals surface area contributed by atoms with Gasteiger partial charge in [-0.25, -0.2) is 0 Å². The highest BCUT2D eigenvalue weighted by atomic mass is 16.5. The summed E-state index contributed by atoms with van der Waals surface area (Å²) in [6.45, 7) is 4.44. The fraction of sp³-hybridized carbons (Fsp3) is 0.308. The third-order valence-electron chi connectivity index (χ3n) is 2.25. The van der Waals surface area contributed by atoms with Crippen molar-refractivity contribution in [2.45, 2.75) is 0 Å². The van der Waals surface area contributed by atoms with Crippen molar-refractivity contribution in [1.82, 2.24) is 5.32 Å². The molecule has 92 valence electrons. The van der Waals surface area contributed by atoms with E-state index in [-0.39, 0.29) is 12.3 Å². The van der Waals surface area contributed by atoms with E-state index in [1.54, 1.807) is 38.5 Å². The maximum atomic E-state index is 11.8. The molecule has 0 aromatic heterocycles. The Morgan fingerprint density at radius 3 is 2.35 bits per heavy atom. The summed E-state index contributed by atoms with van der Waals surface area (Å²) in [6.07, 6.45) is 1.71. The number of Topliss-reactive ketones (excluding diaryl/α,β-unsaturated/α-hetero) is 1. The van der Waals surface area contributed by atoms with E-state index >= 15 is 0 Å². The first-order valence-electron chi connectivity index (χ1n) is 5.29. The highest BCUT2D eigenvalue weighted by Crippen LogP contribution is 2.22. The van der Waals surface area contributed by atoms with Crippen LogP contribution >= 0.6 is 0 Å². The zero-order valence-electron chi connectivity index (χ0n) is 10.2. The van der Waals surface area contributed by atoms with E-state index in [0.29, 0.717) is 23.6 Å². The lowest BCUT2D eigenvalue weighted by atomic mass is 10.1. The van der Waals surface area contributed by atoms with Crippen LogP contribution in [-0.4, -0.2) is 33.1 Å². The molecule has 0 unspecified atom stereocenters. The van der Waals surface area contributed by atoms with Crippen LogP contribution in [0.2, 0.25) is 0 Å². The Labute approximate surface area is 101 Å². The summed E-state index contributed by atoms with van der Waals surface area (Å²) in [4.78, 5) is 11.8. The highest BCUT2D eigenvalue weighted by molar-refractivity contribution is 5.98. The molecule has 4 heteroatoms. The summed E-state index contributed by atoms with van der Waals surface area (Å²) in [5.41, 5.74) is 0.567. The van der Waals surface area contributed by atoms with E-state index in [1.807, 2.05) is 0 Å². The van der Waals surface area contributed by atoms with Gasteiger partial charge in [0.1, 0.15) is 11.5 Å². The van der Waals surface area contributed by atoms with Gasteiger partial charge < -0.3 is 14.8 Å². The van der Waals surface area contributed by atoms with Gasteiger partial charge in [0.05, 0.1) is 20.8 Å². The van der Waals surface area contributed by atoms with E-state index in [1.165, 1.54) is 0 Å². The molecule has 1 rings (SSSR count). The van der Waals surface area contributed by atoms with Crippen molar-refractivity contribution in [2.75, 3.05) is 27.3 Å². The number of nitrogens with one attached hydrogen (secondary N) is 1. The number of benzene rings is 1. The standard InChI is InChI=1S/C13H17NO3/c1-4-5-14-9-13(15)10-6-11(16-2)8-12(7-10)17-3/h4,6-8,14H,1,5,9H2,2-3H3. The summed E-state index contributed by atoms with van der Waals surface area (Å²) < 4.78 is 10.2. The Morgan fingerprint density at radius 2 is 1.88 bits per heavy atom. The predicted octanol–water partition coefficient (Wildman–Crippen LogP) is 1.66. The maximum Gasteiger partial charge on any atom is 0.176 e. The van der Waals surface area contributed by atoms with Crippen LogP contribution in [0.1, 0.15) is 10.4 Å². The Bertz CT molecular complexity index is 379. The van der Waals surface area contributed by atoms with E-state index in [9.17, 15) is 4.79 Å². The first kappa shape index (κ1) is 13.3. The number of rotatable bonds is 7. The van der Waals surface area contributed by atoms with Gasteiger partial charge >= 0.3 is 0 Å². The van der Waals surface area contributed by atoms with Crippen molar-refractivity contribution in [3.05, 3.63) is 36.4 Å². The summed E-state index contributed by atoms with van der Waals surface area (Å²) in [5.74, 6) is 1.21. The van der Waals surface area contributed by atoms with E-state index in [4.69, 9.17) is 9.47 Å². The van der Waals surface area contributed by atoms with Crippen LogP contribution < -0.4 is 14.8 Å². The van der Waals surface area contributed by atoms with Crippen LogP contribution in [0, 0.1) is 0 Å². The van der Waals surface area contributed by atoms with Gasteiger partial charge in [0.2, 0.25) is 0 Å². The molecule has 0 aliphatic carbocycles. The first-order valence-corrected chi connectivity index (χ1v) is 5.29. The second kappa shape index (κ2) is 6.70. The molecule has 0 saturated heterocycles. The van der Waals surface area contributed by atoms with Crippen molar-refractivity contribution >= 4 is 5.78 Å². The van der Waals surface area contributed by atoms with E-state index in [0.717, 1.165) is 0 Å². The van der Waals surface area contributed by atoms with Crippen molar-refractivity contribution in [3.8, 4) is 11.5 Å². The van der Waals surface area contributed by atoms with Crippen LogP contribution in [0.15, 0.2) is 30.9 Å². The van der Waals surface area contributed by atoms with Gasteiger partial charge in [0, 0.05) is 18.2 Å². The normalized spacial score (nSPS) is 9.76. The van der Waals surface area contributed by atoms with Gasteiger partial charge in [-0.3, -0.25) is 4.79 Å². The molecule has 0 aliphatic rings. The molecule has 0 aliphatic heterocycles. The largest absolute Gasteiger partial charge is 0.497 e. The Hall–Kier alpha value is -1.81. The number of hydrogen-bond donors (Lipinski definition) is 1. The highest BCUT2D eigenvalue weighted by Gasteiger charge is 2.09. The molecule has 1 aromatic rings.